The topological polar surface area (TPSA) is 79.4 Å². The van der Waals surface area contributed by atoms with E-state index in [0.29, 0.717) is 35.6 Å². The van der Waals surface area contributed by atoms with Gasteiger partial charge < -0.3 is 15.0 Å². The molecule has 1 unspecified atom stereocenters. The first-order valence-corrected chi connectivity index (χ1v) is 10.5. The molecule has 0 saturated carbocycles. The van der Waals surface area contributed by atoms with Gasteiger partial charge in [0.25, 0.3) is 0 Å². The van der Waals surface area contributed by atoms with E-state index < -0.39 is 0 Å². The van der Waals surface area contributed by atoms with Crippen molar-refractivity contribution in [1.29, 1.82) is 0 Å². The molecule has 1 aliphatic heterocycles. The molecule has 7 nitrogen and oxygen atoms in total. The Bertz CT molecular complexity index is 951. The molecule has 0 aliphatic carbocycles. The smallest absolute Gasteiger partial charge is 0.324 e. The SMILES string of the molecule is O=C(Nc1nc(-c2ccc(Cl)cc2)cs1)N1CCNCC1COc1cccnc1. The van der Waals surface area contributed by atoms with Crippen molar-refractivity contribution in [3.05, 3.63) is 59.2 Å². The number of nitrogens with zero attached hydrogens (tertiary/aromatic N) is 3. The van der Waals surface area contributed by atoms with E-state index in [-0.39, 0.29) is 12.1 Å². The monoisotopic (exact) mass is 429 g/mol. The largest absolute Gasteiger partial charge is 0.490 e. The van der Waals surface area contributed by atoms with E-state index in [1.54, 1.807) is 17.3 Å². The molecule has 0 radical (unpaired) electrons. The van der Waals surface area contributed by atoms with Crippen LogP contribution in [0.25, 0.3) is 11.3 Å². The van der Waals surface area contributed by atoms with Crippen LogP contribution in [-0.4, -0.2) is 53.2 Å². The second-order valence-electron chi connectivity index (χ2n) is 6.53. The van der Waals surface area contributed by atoms with Gasteiger partial charge in [0.15, 0.2) is 5.13 Å². The number of pyridine rings is 1. The maximum absolute atomic E-state index is 12.8. The van der Waals surface area contributed by atoms with E-state index in [1.165, 1.54) is 11.3 Å². The normalized spacial score (nSPS) is 16.4. The van der Waals surface area contributed by atoms with Gasteiger partial charge in [-0.3, -0.25) is 10.3 Å². The Kier molecular flexibility index (Phi) is 6.24. The van der Waals surface area contributed by atoms with Gasteiger partial charge in [0.2, 0.25) is 0 Å². The number of piperazine rings is 1. The number of urea groups is 1. The van der Waals surface area contributed by atoms with E-state index in [1.807, 2.05) is 41.8 Å². The first-order chi connectivity index (χ1) is 14.2. The van der Waals surface area contributed by atoms with Crippen LogP contribution in [0.3, 0.4) is 0 Å². The zero-order chi connectivity index (χ0) is 20.1. The number of anilines is 1. The van der Waals surface area contributed by atoms with Crippen LogP contribution in [0.4, 0.5) is 9.93 Å². The second kappa shape index (κ2) is 9.21. The molecule has 3 aromatic rings. The summed E-state index contributed by atoms with van der Waals surface area (Å²) >= 11 is 7.33. The molecular weight excluding hydrogens is 410 g/mol. The predicted molar refractivity (Wildman–Crippen MR) is 115 cm³/mol. The van der Waals surface area contributed by atoms with Crippen LogP contribution in [0.15, 0.2) is 54.2 Å². The van der Waals surface area contributed by atoms with Crippen LogP contribution in [0.5, 0.6) is 5.75 Å². The van der Waals surface area contributed by atoms with Gasteiger partial charge in [-0.15, -0.1) is 11.3 Å². The number of thiazole rings is 1. The number of carbonyl (C=O) groups is 1. The lowest BCUT2D eigenvalue weighted by Gasteiger charge is -2.35. The van der Waals surface area contributed by atoms with Crippen LogP contribution in [0.1, 0.15) is 0 Å². The lowest BCUT2D eigenvalue weighted by molar-refractivity contribution is 0.133. The lowest BCUT2D eigenvalue weighted by Crippen LogP contribution is -2.57. The van der Waals surface area contributed by atoms with Gasteiger partial charge in [-0.1, -0.05) is 23.7 Å². The molecule has 1 saturated heterocycles. The number of carbonyl (C=O) groups excluding carboxylic acids is 1. The fraction of sp³-hybridized carbons (Fsp3) is 0.250. The van der Waals surface area contributed by atoms with E-state index in [9.17, 15) is 4.79 Å². The van der Waals surface area contributed by atoms with Crippen molar-refractivity contribution in [2.24, 2.45) is 0 Å². The number of hydrogen-bond acceptors (Lipinski definition) is 6. The van der Waals surface area contributed by atoms with Gasteiger partial charge in [-0.25, -0.2) is 9.78 Å². The molecule has 0 bridgehead atoms. The fourth-order valence-electron chi connectivity index (χ4n) is 3.05. The quantitative estimate of drug-likeness (QED) is 0.645. The molecule has 150 valence electrons. The van der Waals surface area contributed by atoms with Gasteiger partial charge in [-0.05, 0) is 24.3 Å². The molecule has 9 heteroatoms. The second-order valence-corrected chi connectivity index (χ2v) is 7.82. The van der Waals surface area contributed by atoms with E-state index in [4.69, 9.17) is 16.3 Å². The minimum absolute atomic E-state index is 0.0837. The molecule has 1 aromatic carbocycles. The molecule has 1 fully saturated rings. The van der Waals surface area contributed by atoms with Gasteiger partial charge in [0.05, 0.1) is 17.9 Å². The van der Waals surface area contributed by atoms with E-state index >= 15 is 0 Å². The summed E-state index contributed by atoms with van der Waals surface area (Å²) in [5, 5.41) is 9.38. The average molecular weight is 430 g/mol. The standard InChI is InChI=1S/C20H20ClN5O2S/c21-15-5-3-14(4-6-15)18-13-29-19(24-18)25-20(27)26-9-8-23-10-16(26)12-28-17-2-1-7-22-11-17/h1-7,11,13,16,23H,8-10,12H2,(H,24,25,27). The van der Waals surface area contributed by atoms with Gasteiger partial charge in [0, 0.05) is 41.8 Å². The van der Waals surface area contributed by atoms with Crippen LogP contribution in [0.2, 0.25) is 5.02 Å². The van der Waals surface area contributed by atoms with Crippen molar-refractivity contribution in [3.8, 4) is 17.0 Å². The Morgan fingerprint density at radius 2 is 2.21 bits per heavy atom. The van der Waals surface area contributed by atoms with Crippen LogP contribution >= 0.6 is 22.9 Å². The number of rotatable bonds is 5. The van der Waals surface area contributed by atoms with Crippen molar-refractivity contribution >= 4 is 34.1 Å². The third-order valence-corrected chi connectivity index (χ3v) is 5.56. The molecule has 2 N–H and O–H groups in total. The summed E-state index contributed by atoms with van der Waals surface area (Å²) < 4.78 is 5.80. The summed E-state index contributed by atoms with van der Waals surface area (Å²) in [5.74, 6) is 0.686. The van der Waals surface area contributed by atoms with Gasteiger partial charge in [0.1, 0.15) is 12.4 Å². The van der Waals surface area contributed by atoms with Gasteiger partial charge >= 0.3 is 6.03 Å². The third-order valence-electron chi connectivity index (χ3n) is 4.55. The molecule has 29 heavy (non-hydrogen) atoms. The highest BCUT2D eigenvalue weighted by Gasteiger charge is 2.27. The summed E-state index contributed by atoms with van der Waals surface area (Å²) in [6, 6.07) is 10.9. The summed E-state index contributed by atoms with van der Waals surface area (Å²) in [6.07, 6.45) is 3.36. The van der Waals surface area contributed by atoms with E-state index in [2.05, 4.69) is 20.6 Å². The molecule has 4 rings (SSSR count). The molecule has 2 amide bonds. The Labute approximate surface area is 177 Å². The molecule has 2 aromatic heterocycles. The fourth-order valence-corrected chi connectivity index (χ4v) is 3.89. The van der Waals surface area contributed by atoms with Crippen molar-refractivity contribution in [2.75, 3.05) is 31.6 Å². The average Bonchev–Trinajstić information content (AvgIpc) is 3.22. The highest BCUT2D eigenvalue weighted by atomic mass is 35.5. The molecule has 1 atom stereocenters. The van der Waals surface area contributed by atoms with Crippen LogP contribution < -0.4 is 15.4 Å². The number of amides is 2. The zero-order valence-electron chi connectivity index (χ0n) is 15.5. The number of halogens is 1. The van der Waals surface area contributed by atoms with Crippen molar-refractivity contribution in [1.82, 2.24) is 20.2 Å². The predicted octanol–water partition coefficient (Wildman–Crippen LogP) is 3.74. The lowest BCUT2D eigenvalue weighted by atomic mass is 10.2. The van der Waals surface area contributed by atoms with Crippen molar-refractivity contribution in [3.63, 3.8) is 0 Å². The maximum atomic E-state index is 12.8. The Balaban J connectivity index is 1.39. The molecule has 3 heterocycles. The summed E-state index contributed by atoms with van der Waals surface area (Å²) in [6.45, 7) is 2.40. The van der Waals surface area contributed by atoms with Crippen LogP contribution in [0, 0.1) is 0 Å². The Morgan fingerprint density at radius 3 is 3.00 bits per heavy atom. The number of benzene rings is 1. The molecule has 0 spiro atoms. The maximum Gasteiger partial charge on any atom is 0.324 e. The van der Waals surface area contributed by atoms with E-state index in [0.717, 1.165) is 17.8 Å². The first-order valence-electron chi connectivity index (χ1n) is 9.22. The number of nitrogens with one attached hydrogen (secondary N) is 2. The van der Waals surface area contributed by atoms with Gasteiger partial charge in [-0.2, -0.15) is 0 Å². The highest BCUT2D eigenvalue weighted by molar-refractivity contribution is 7.14. The summed E-state index contributed by atoms with van der Waals surface area (Å²) in [4.78, 5) is 23.2. The summed E-state index contributed by atoms with van der Waals surface area (Å²) in [7, 11) is 0. The molecule has 1 aliphatic rings. The minimum Gasteiger partial charge on any atom is -0.490 e. The Hall–Kier alpha value is -2.68. The van der Waals surface area contributed by atoms with Crippen molar-refractivity contribution in [2.45, 2.75) is 6.04 Å². The number of ether oxygens (including phenoxy) is 1. The minimum atomic E-state index is -0.178. The zero-order valence-corrected chi connectivity index (χ0v) is 17.1. The number of hydrogen-bond donors (Lipinski definition) is 2. The number of aromatic nitrogens is 2. The Morgan fingerprint density at radius 1 is 1.34 bits per heavy atom. The first kappa shape index (κ1) is 19.6. The highest BCUT2D eigenvalue weighted by Crippen LogP contribution is 2.26. The molecular formula is C20H20ClN5O2S. The summed E-state index contributed by atoms with van der Waals surface area (Å²) in [5.41, 5.74) is 1.76. The van der Waals surface area contributed by atoms with Crippen LogP contribution in [-0.2, 0) is 0 Å². The van der Waals surface area contributed by atoms with Crippen molar-refractivity contribution < 1.29 is 9.53 Å². The third kappa shape index (κ3) is 5.03.